The summed E-state index contributed by atoms with van der Waals surface area (Å²) in [6.07, 6.45) is -9.33. The average molecular weight is 464 g/mol. The van der Waals surface area contributed by atoms with Gasteiger partial charge in [-0.3, -0.25) is 4.98 Å². The lowest BCUT2D eigenvalue weighted by Crippen LogP contribution is -2.26. The molecule has 2 aromatic heterocycles. The monoisotopic (exact) mass is 464 g/mol. The molecule has 1 unspecified atom stereocenters. The molecule has 1 atom stereocenters. The fourth-order valence-electron chi connectivity index (χ4n) is 3.84. The number of aromatic amines is 1. The maximum atomic E-state index is 13.1. The molecule has 33 heavy (non-hydrogen) atoms. The summed E-state index contributed by atoms with van der Waals surface area (Å²) in [4.78, 5) is 12.4. The number of nitrogens with one attached hydrogen (secondary N) is 1. The molecule has 2 aromatic carbocycles. The molecule has 0 fully saturated rings. The predicted octanol–water partition coefficient (Wildman–Crippen LogP) is 5.68. The first-order valence-electron chi connectivity index (χ1n) is 9.71. The summed E-state index contributed by atoms with van der Waals surface area (Å²) in [6.45, 7) is 0. The van der Waals surface area contributed by atoms with Gasteiger partial charge in [0.05, 0.1) is 33.5 Å². The van der Waals surface area contributed by atoms with Crippen LogP contribution in [0.5, 0.6) is 0 Å². The second-order valence-electron chi connectivity index (χ2n) is 7.60. The summed E-state index contributed by atoms with van der Waals surface area (Å²) in [5.41, 5.74) is 0.355. The number of nitrogens with zero attached hydrogens (tertiary/aromatic N) is 3. The minimum Gasteiger partial charge on any atom is -0.373 e. The molecule has 1 aliphatic heterocycles. The van der Waals surface area contributed by atoms with Crippen molar-refractivity contribution in [2.24, 2.45) is 0 Å². The van der Waals surface area contributed by atoms with E-state index < -0.39 is 29.7 Å². The van der Waals surface area contributed by atoms with Crippen LogP contribution in [0.3, 0.4) is 0 Å². The number of hydrogen-bond acceptors (Lipinski definition) is 4. The molecular formula is C22H14F6N4O. The van der Waals surface area contributed by atoms with Crippen LogP contribution in [-0.4, -0.2) is 26.3 Å². The standard InChI is InChI=1S/C22H14F6N4O/c23-21(24,25)12-3-6-15-16(7-12)31-20(30-15)11-1-4-14(5-2-11)32-18-8-13(22(26,27)28)10-29-17(18)9-19(32)33/h1-8,10,19,33H,9H2,(H,30,31). The highest BCUT2D eigenvalue weighted by atomic mass is 19.4. The summed E-state index contributed by atoms with van der Waals surface area (Å²) >= 11 is 0. The molecule has 2 N–H and O–H groups in total. The van der Waals surface area contributed by atoms with Crippen LogP contribution >= 0.6 is 0 Å². The van der Waals surface area contributed by atoms with E-state index in [4.69, 9.17) is 0 Å². The van der Waals surface area contributed by atoms with E-state index in [0.29, 0.717) is 28.3 Å². The molecule has 0 saturated carbocycles. The highest BCUT2D eigenvalue weighted by Gasteiger charge is 2.36. The molecular weight excluding hydrogens is 450 g/mol. The molecule has 0 saturated heterocycles. The summed E-state index contributed by atoms with van der Waals surface area (Å²) in [7, 11) is 0. The summed E-state index contributed by atoms with van der Waals surface area (Å²) in [6, 6.07) is 10.5. The van der Waals surface area contributed by atoms with Gasteiger partial charge in [-0.1, -0.05) is 0 Å². The van der Waals surface area contributed by atoms with Gasteiger partial charge in [-0.25, -0.2) is 4.98 Å². The van der Waals surface area contributed by atoms with Crippen molar-refractivity contribution in [3.05, 3.63) is 71.5 Å². The Kier molecular flexibility index (Phi) is 4.64. The SMILES string of the molecule is OC1Cc2ncc(C(F)(F)F)cc2N1c1ccc(-c2nc3ccc(C(F)(F)F)cc3[nH]2)cc1. The third-order valence-corrected chi connectivity index (χ3v) is 5.44. The van der Waals surface area contributed by atoms with Gasteiger partial charge < -0.3 is 15.0 Å². The van der Waals surface area contributed by atoms with Gasteiger partial charge >= 0.3 is 12.4 Å². The molecule has 0 amide bonds. The van der Waals surface area contributed by atoms with Crippen molar-refractivity contribution in [2.75, 3.05) is 4.90 Å². The normalized spacial score (nSPS) is 16.5. The van der Waals surface area contributed by atoms with Crippen LogP contribution in [0.4, 0.5) is 37.7 Å². The molecule has 5 nitrogen and oxygen atoms in total. The number of halogens is 6. The third kappa shape index (κ3) is 3.78. The molecule has 4 aromatic rings. The first-order chi connectivity index (χ1) is 15.5. The van der Waals surface area contributed by atoms with Crippen molar-refractivity contribution in [3.8, 4) is 11.4 Å². The smallest absolute Gasteiger partial charge is 0.373 e. The van der Waals surface area contributed by atoms with Crippen molar-refractivity contribution in [3.63, 3.8) is 0 Å². The summed E-state index contributed by atoms with van der Waals surface area (Å²) < 4.78 is 78.1. The minimum atomic E-state index is -4.57. The number of aromatic nitrogens is 3. The van der Waals surface area contributed by atoms with E-state index in [-0.39, 0.29) is 17.6 Å². The number of aliphatic hydroxyl groups excluding tert-OH is 1. The molecule has 170 valence electrons. The molecule has 1 aliphatic rings. The Balaban J connectivity index is 1.47. The van der Waals surface area contributed by atoms with Gasteiger partial charge in [0.1, 0.15) is 12.1 Å². The second-order valence-corrected chi connectivity index (χ2v) is 7.60. The second kappa shape index (κ2) is 7.20. The number of fused-ring (bicyclic) bond motifs is 2. The summed E-state index contributed by atoms with van der Waals surface area (Å²) in [5.74, 6) is 0.333. The Morgan fingerprint density at radius 2 is 1.61 bits per heavy atom. The van der Waals surface area contributed by atoms with E-state index >= 15 is 0 Å². The number of H-pyrrole nitrogens is 1. The van der Waals surface area contributed by atoms with E-state index in [1.807, 2.05) is 0 Å². The van der Waals surface area contributed by atoms with E-state index in [2.05, 4.69) is 15.0 Å². The van der Waals surface area contributed by atoms with Crippen molar-refractivity contribution < 1.29 is 31.4 Å². The Morgan fingerprint density at radius 3 is 2.27 bits per heavy atom. The number of hydrogen-bond donors (Lipinski definition) is 2. The van der Waals surface area contributed by atoms with Crippen LogP contribution in [0.2, 0.25) is 0 Å². The van der Waals surface area contributed by atoms with Crippen LogP contribution < -0.4 is 4.90 Å². The number of imidazole rings is 1. The van der Waals surface area contributed by atoms with Crippen LogP contribution in [0, 0.1) is 0 Å². The lowest BCUT2D eigenvalue weighted by atomic mass is 10.1. The Morgan fingerprint density at radius 1 is 0.909 bits per heavy atom. The summed E-state index contributed by atoms with van der Waals surface area (Å²) in [5, 5.41) is 10.4. The zero-order chi connectivity index (χ0) is 23.5. The topological polar surface area (TPSA) is 65.0 Å². The zero-order valence-electron chi connectivity index (χ0n) is 16.5. The van der Waals surface area contributed by atoms with Gasteiger partial charge in [-0.15, -0.1) is 0 Å². The number of aliphatic hydroxyl groups is 1. The molecule has 0 spiro atoms. The van der Waals surface area contributed by atoms with Gasteiger partial charge in [0, 0.05) is 23.9 Å². The van der Waals surface area contributed by atoms with Gasteiger partial charge in [0.15, 0.2) is 0 Å². The lowest BCUT2D eigenvalue weighted by molar-refractivity contribution is -0.138. The number of benzene rings is 2. The highest BCUT2D eigenvalue weighted by Crippen LogP contribution is 2.40. The number of pyridine rings is 1. The Bertz CT molecular complexity index is 1340. The van der Waals surface area contributed by atoms with Gasteiger partial charge in [-0.05, 0) is 48.5 Å². The van der Waals surface area contributed by atoms with Crippen molar-refractivity contribution in [1.29, 1.82) is 0 Å². The Labute approximate surface area is 182 Å². The molecule has 0 bridgehead atoms. The van der Waals surface area contributed by atoms with Gasteiger partial charge in [0.25, 0.3) is 0 Å². The van der Waals surface area contributed by atoms with Crippen LogP contribution in [0.25, 0.3) is 22.4 Å². The molecule has 0 aliphatic carbocycles. The number of rotatable bonds is 2. The fraction of sp³-hybridized carbons (Fsp3) is 0.182. The van der Waals surface area contributed by atoms with E-state index in [0.717, 1.165) is 24.4 Å². The molecule has 11 heteroatoms. The number of anilines is 2. The fourth-order valence-corrected chi connectivity index (χ4v) is 3.84. The van der Waals surface area contributed by atoms with Gasteiger partial charge in [-0.2, -0.15) is 26.3 Å². The van der Waals surface area contributed by atoms with E-state index in [9.17, 15) is 31.4 Å². The van der Waals surface area contributed by atoms with Crippen LogP contribution in [0.1, 0.15) is 16.8 Å². The molecule has 3 heterocycles. The maximum absolute atomic E-state index is 13.1. The van der Waals surface area contributed by atoms with E-state index in [1.54, 1.807) is 24.3 Å². The average Bonchev–Trinajstić information content (AvgIpc) is 3.31. The quantitative estimate of drug-likeness (QED) is 0.375. The van der Waals surface area contributed by atoms with Crippen molar-refractivity contribution in [1.82, 2.24) is 15.0 Å². The number of alkyl halides is 6. The van der Waals surface area contributed by atoms with Gasteiger partial charge in [0.2, 0.25) is 0 Å². The minimum absolute atomic E-state index is 0.0698. The Hall–Kier alpha value is -3.60. The first-order valence-corrected chi connectivity index (χ1v) is 9.71. The zero-order valence-corrected chi connectivity index (χ0v) is 16.5. The van der Waals surface area contributed by atoms with Crippen molar-refractivity contribution in [2.45, 2.75) is 25.0 Å². The predicted molar refractivity (Wildman–Crippen MR) is 108 cm³/mol. The van der Waals surface area contributed by atoms with Crippen LogP contribution in [-0.2, 0) is 18.8 Å². The molecule has 0 radical (unpaired) electrons. The largest absolute Gasteiger partial charge is 0.417 e. The highest BCUT2D eigenvalue weighted by molar-refractivity contribution is 5.81. The first kappa shape index (κ1) is 21.3. The van der Waals surface area contributed by atoms with Crippen LogP contribution in [0.15, 0.2) is 54.7 Å². The molecule has 5 rings (SSSR count). The van der Waals surface area contributed by atoms with E-state index in [1.165, 1.54) is 11.0 Å². The third-order valence-electron chi connectivity index (χ3n) is 5.44. The maximum Gasteiger partial charge on any atom is 0.417 e. The lowest BCUT2D eigenvalue weighted by Gasteiger charge is -2.24. The van der Waals surface area contributed by atoms with Crippen molar-refractivity contribution >= 4 is 22.4 Å².